The largest absolute Gasteiger partial charge is 0.309 e. The van der Waals surface area contributed by atoms with Crippen LogP contribution in [0.4, 0.5) is 0 Å². The van der Waals surface area contributed by atoms with Gasteiger partial charge in [0.1, 0.15) is 0 Å². The Hall–Kier alpha value is -4.88. The minimum atomic E-state index is 1.17. The Morgan fingerprint density at radius 1 is 0.395 bits per heavy atom. The maximum atomic E-state index is 2.40. The van der Waals surface area contributed by atoms with Gasteiger partial charge in [0.2, 0.25) is 0 Å². The van der Waals surface area contributed by atoms with Gasteiger partial charge >= 0.3 is 0 Å². The molecule has 0 amide bonds. The Morgan fingerprint density at radius 3 is 1.76 bits per heavy atom. The maximum Gasteiger partial charge on any atom is 0.0547 e. The highest BCUT2D eigenvalue weighted by Gasteiger charge is 2.15. The number of aryl methyl sites for hydroxylation is 1. The lowest BCUT2D eigenvalue weighted by molar-refractivity contribution is 1.18. The quantitative estimate of drug-likeness (QED) is 0.234. The maximum absolute atomic E-state index is 2.40. The Morgan fingerprint density at radius 2 is 0.974 bits per heavy atom. The Balaban J connectivity index is 1.43. The molecule has 1 aromatic heterocycles. The van der Waals surface area contributed by atoms with Gasteiger partial charge in [-0.3, -0.25) is 0 Å². The van der Waals surface area contributed by atoms with Crippen LogP contribution in [0.2, 0.25) is 0 Å². The SMILES string of the molecule is Cc1ccccc1-c1ccccc1-c1ccc2c3ccccc3n(-c3ccc(-c4ccccc4)cc3)c2c1. The van der Waals surface area contributed by atoms with Crippen LogP contribution in [0, 0.1) is 6.92 Å². The predicted molar refractivity (Wildman–Crippen MR) is 162 cm³/mol. The highest BCUT2D eigenvalue weighted by atomic mass is 15.0. The van der Waals surface area contributed by atoms with E-state index in [0.29, 0.717) is 0 Å². The van der Waals surface area contributed by atoms with E-state index in [1.54, 1.807) is 0 Å². The number of aromatic nitrogens is 1. The van der Waals surface area contributed by atoms with E-state index >= 15 is 0 Å². The molecule has 1 heteroatoms. The summed E-state index contributed by atoms with van der Waals surface area (Å²) in [5, 5.41) is 2.54. The summed E-state index contributed by atoms with van der Waals surface area (Å²) in [6.07, 6.45) is 0. The summed E-state index contributed by atoms with van der Waals surface area (Å²) < 4.78 is 2.40. The van der Waals surface area contributed by atoms with Crippen molar-refractivity contribution in [3.05, 3.63) is 151 Å². The lowest BCUT2D eigenvalue weighted by Crippen LogP contribution is -1.94. The highest BCUT2D eigenvalue weighted by molar-refractivity contribution is 6.10. The molecular weight excluding hydrogens is 458 g/mol. The lowest BCUT2D eigenvalue weighted by atomic mass is 9.92. The van der Waals surface area contributed by atoms with Gasteiger partial charge in [-0.05, 0) is 70.1 Å². The number of rotatable bonds is 4. The number of nitrogens with zero attached hydrogens (tertiary/aromatic N) is 1. The predicted octanol–water partition coefficient (Wildman–Crippen LogP) is 10.1. The standard InChI is InChI=1S/C37H27N/c1-26-11-5-6-14-31(26)33-16-8-7-15-32(33)29-21-24-35-34-17-9-10-18-36(34)38(37(35)25-29)30-22-19-28(20-23-30)27-12-3-2-4-13-27/h2-25H,1H3. The van der Waals surface area contributed by atoms with Gasteiger partial charge in [-0.2, -0.15) is 0 Å². The first-order valence-electron chi connectivity index (χ1n) is 13.1. The summed E-state index contributed by atoms with van der Waals surface area (Å²) in [5.41, 5.74) is 12.4. The fraction of sp³-hybridized carbons (Fsp3) is 0.0270. The lowest BCUT2D eigenvalue weighted by Gasteiger charge is -2.14. The zero-order valence-electron chi connectivity index (χ0n) is 21.3. The Kier molecular flexibility index (Phi) is 5.41. The van der Waals surface area contributed by atoms with Crippen LogP contribution in [0.1, 0.15) is 5.56 Å². The first kappa shape index (κ1) is 22.3. The van der Waals surface area contributed by atoms with E-state index in [2.05, 4.69) is 157 Å². The molecule has 0 spiro atoms. The van der Waals surface area contributed by atoms with Gasteiger partial charge < -0.3 is 4.57 Å². The van der Waals surface area contributed by atoms with E-state index in [4.69, 9.17) is 0 Å². The highest BCUT2D eigenvalue weighted by Crippen LogP contribution is 2.38. The molecule has 1 nitrogen and oxygen atoms in total. The summed E-state index contributed by atoms with van der Waals surface area (Å²) in [7, 11) is 0. The molecule has 0 aliphatic rings. The molecule has 0 unspecified atom stereocenters. The zero-order chi connectivity index (χ0) is 25.5. The first-order valence-corrected chi connectivity index (χ1v) is 13.1. The molecule has 1 heterocycles. The van der Waals surface area contributed by atoms with E-state index < -0.39 is 0 Å². The molecule has 7 rings (SSSR count). The topological polar surface area (TPSA) is 4.93 Å². The summed E-state index contributed by atoms with van der Waals surface area (Å²) >= 11 is 0. The van der Waals surface area contributed by atoms with Gasteiger partial charge in [0.05, 0.1) is 11.0 Å². The molecule has 6 aromatic carbocycles. The van der Waals surface area contributed by atoms with Crippen molar-refractivity contribution in [2.75, 3.05) is 0 Å². The number of hydrogen-bond donors (Lipinski definition) is 0. The molecule has 0 atom stereocenters. The van der Waals surface area contributed by atoms with Crippen LogP contribution < -0.4 is 0 Å². The van der Waals surface area contributed by atoms with Crippen molar-refractivity contribution in [1.29, 1.82) is 0 Å². The minimum absolute atomic E-state index is 1.17. The van der Waals surface area contributed by atoms with Crippen LogP contribution in [-0.4, -0.2) is 4.57 Å². The van der Waals surface area contributed by atoms with Crippen LogP contribution in [0.3, 0.4) is 0 Å². The normalized spacial score (nSPS) is 11.3. The second kappa shape index (κ2) is 9.21. The zero-order valence-corrected chi connectivity index (χ0v) is 21.3. The van der Waals surface area contributed by atoms with E-state index in [0.717, 1.165) is 0 Å². The van der Waals surface area contributed by atoms with Gasteiger partial charge in [0.25, 0.3) is 0 Å². The second-order valence-corrected chi connectivity index (χ2v) is 9.86. The average molecular weight is 486 g/mol. The third-order valence-corrected chi connectivity index (χ3v) is 7.58. The van der Waals surface area contributed by atoms with Crippen molar-refractivity contribution in [3.8, 4) is 39.1 Å². The molecule has 7 aromatic rings. The number of para-hydroxylation sites is 1. The summed E-state index contributed by atoms with van der Waals surface area (Å²) in [5.74, 6) is 0. The Bertz CT molecular complexity index is 1910. The molecule has 0 aliphatic carbocycles. The number of fused-ring (bicyclic) bond motifs is 3. The second-order valence-electron chi connectivity index (χ2n) is 9.86. The average Bonchev–Trinajstić information content (AvgIpc) is 3.32. The van der Waals surface area contributed by atoms with Gasteiger partial charge in [0, 0.05) is 16.5 Å². The summed E-state index contributed by atoms with van der Waals surface area (Å²) in [4.78, 5) is 0. The van der Waals surface area contributed by atoms with Crippen LogP contribution in [0.15, 0.2) is 146 Å². The van der Waals surface area contributed by atoms with Gasteiger partial charge in [0.15, 0.2) is 0 Å². The van der Waals surface area contributed by atoms with Crippen LogP contribution >= 0.6 is 0 Å². The van der Waals surface area contributed by atoms with E-state index in [9.17, 15) is 0 Å². The van der Waals surface area contributed by atoms with Gasteiger partial charge in [-0.1, -0.05) is 121 Å². The first-order chi connectivity index (χ1) is 18.8. The molecule has 0 saturated carbocycles. The van der Waals surface area contributed by atoms with E-state index in [1.807, 2.05) is 0 Å². The molecule has 38 heavy (non-hydrogen) atoms. The van der Waals surface area contributed by atoms with Crippen molar-refractivity contribution in [2.24, 2.45) is 0 Å². The third-order valence-electron chi connectivity index (χ3n) is 7.58. The smallest absolute Gasteiger partial charge is 0.0547 e. The molecule has 0 bridgehead atoms. The molecule has 180 valence electrons. The van der Waals surface area contributed by atoms with Crippen molar-refractivity contribution in [2.45, 2.75) is 6.92 Å². The third kappa shape index (κ3) is 3.72. The number of benzene rings is 6. The molecule has 0 N–H and O–H groups in total. The molecule has 0 saturated heterocycles. The van der Waals surface area contributed by atoms with Crippen molar-refractivity contribution in [3.63, 3.8) is 0 Å². The van der Waals surface area contributed by atoms with Crippen LogP contribution in [-0.2, 0) is 0 Å². The molecular formula is C37H27N. The monoisotopic (exact) mass is 485 g/mol. The van der Waals surface area contributed by atoms with Crippen molar-refractivity contribution in [1.82, 2.24) is 4.57 Å². The molecule has 0 fully saturated rings. The summed E-state index contributed by atoms with van der Waals surface area (Å²) in [6, 6.07) is 52.5. The van der Waals surface area contributed by atoms with Gasteiger partial charge in [-0.15, -0.1) is 0 Å². The van der Waals surface area contributed by atoms with E-state index in [1.165, 1.54) is 66.4 Å². The van der Waals surface area contributed by atoms with Crippen molar-refractivity contribution < 1.29 is 0 Å². The van der Waals surface area contributed by atoms with E-state index in [-0.39, 0.29) is 0 Å². The van der Waals surface area contributed by atoms with Crippen LogP contribution in [0.25, 0.3) is 60.9 Å². The molecule has 0 radical (unpaired) electrons. The Labute approximate surface area is 223 Å². The minimum Gasteiger partial charge on any atom is -0.309 e. The van der Waals surface area contributed by atoms with Crippen molar-refractivity contribution >= 4 is 21.8 Å². The number of hydrogen-bond acceptors (Lipinski definition) is 0. The van der Waals surface area contributed by atoms with Gasteiger partial charge in [-0.25, -0.2) is 0 Å². The summed E-state index contributed by atoms with van der Waals surface area (Å²) in [6.45, 7) is 2.19. The van der Waals surface area contributed by atoms with Crippen LogP contribution in [0.5, 0.6) is 0 Å². The fourth-order valence-electron chi connectivity index (χ4n) is 5.69. The fourth-order valence-corrected chi connectivity index (χ4v) is 5.69. The molecule has 0 aliphatic heterocycles.